The molecule has 192 valence electrons. The van der Waals surface area contributed by atoms with Crippen LogP contribution in [0.1, 0.15) is 65.1 Å². The molecule has 2 aliphatic heterocycles. The molecule has 0 atom stereocenters. The predicted molar refractivity (Wildman–Crippen MR) is 137 cm³/mol. The molecular formula is C26H40N6O3. The van der Waals surface area contributed by atoms with Crippen LogP contribution in [0, 0.1) is 0 Å². The maximum absolute atomic E-state index is 13.3. The number of likely N-dealkylation sites (tertiary alicyclic amines) is 1. The van der Waals surface area contributed by atoms with E-state index < -0.39 is 0 Å². The van der Waals surface area contributed by atoms with Gasteiger partial charge in [-0.2, -0.15) is 4.98 Å². The number of anilines is 2. The number of benzene rings is 1. The van der Waals surface area contributed by atoms with Gasteiger partial charge in [0.25, 0.3) is 0 Å². The van der Waals surface area contributed by atoms with Crippen LogP contribution in [-0.2, 0) is 5.41 Å². The zero-order valence-electron chi connectivity index (χ0n) is 22.0. The fraction of sp³-hybridized carbons (Fsp3) is 0.654. The fourth-order valence-electron chi connectivity index (χ4n) is 4.89. The molecule has 1 N–H and O–H groups in total. The van der Waals surface area contributed by atoms with Crippen molar-refractivity contribution in [3.8, 4) is 5.75 Å². The molecule has 0 unspecified atom stereocenters. The second kappa shape index (κ2) is 10.4. The van der Waals surface area contributed by atoms with Gasteiger partial charge in [0.2, 0.25) is 5.89 Å². The van der Waals surface area contributed by atoms with Crippen molar-refractivity contribution in [1.82, 2.24) is 19.9 Å². The van der Waals surface area contributed by atoms with Gasteiger partial charge in [0.05, 0.1) is 12.8 Å². The van der Waals surface area contributed by atoms with Crippen molar-refractivity contribution in [1.29, 1.82) is 0 Å². The molecule has 0 bridgehead atoms. The summed E-state index contributed by atoms with van der Waals surface area (Å²) in [4.78, 5) is 24.7. The molecule has 9 heteroatoms. The summed E-state index contributed by atoms with van der Waals surface area (Å²) in [6.45, 7) is 15.8. The van der Waals surface area contributed by atoms with Gasteiger partial charge in [-0.15, -0.1) is 0 Å². The highest BCUT2D eigenvalue weighted by Gasteiger charge is 2.38. The third kappa shape index (κ3) is 5.39. The van der Waals surface area contributed by atoms with Crippen molar-refractivity contribution in [3.05, 3.63) is 29.9 Å². The van der Waals surface area contributed by atoms with E-state index >= 15 is 0 Å². The van der Waals surface area contributed by atoms with Gasteiger partial charge in [-0.1, -0.05) is 32.0 Å². The van der Waals surface area contributed by atoms with Crippen molar-refractivity contribution >= 4 is 17.4 Å². The van der Waals surface area contributed by atoms with E-state index in [1.807, 2.05) is 30.9 Å². The molecule has 1 aromatic carbocycles. The Morgan fingerprint density at radius 1 is 1.09 bits per heavy atom. The maximum atomic E-state index is 13.3. The highest BCUT2D eigenvalue weighted by molar-refractivity contribution is 5.95. The van der Waals surface area contributed by atoms with Crippen LogP contribution in [-0.4, -0.2) is 78.4 Å². The van der Waals surface area contributed by atoms with Crippen LogP contribution in [0.3, 0.4) is 0 Å². The lowest BCUT2D eigenvalue weighted by atomic mass is 9.79. The molecule has 9 nitrogen and oxygen atoms in total. The Balaban J connectivity index is 1.43. The quantitative estimate of drug-likeness (QED) is 0.653. The number of aromatic nitrogens is 2. The monoisotopic (exact) mass is 484 g/mol. The number of amides is 2. The van der Waals surface area contributed by atoms with Crippen molar-refractivity contribution in [3.63, 3.8) is 0 Å². The number of rotatable bonds is 6. The number of hydrogen-bond acceptors (Lipinski definition) is 7. The van der Waals surface area contributed by atoms with Gasteiger partial charge in [-0.25, -0.2) is 4.79 Å². The standard InChI is InChI=1S/C26H40N6O3/c1-18(2)23-28-24(29-35-23)26(5)10-12-32(13-11-26)25(33)27-22-20(8-7-9-21(22)34-6)31-16-14-30(15-17-31)19(3)4/h7-9,18-19H,10-17H2,1-6H3,(H,27,33). The molecule has 2 amide bonds. The minimum Gasteiger partial charge on any atom is -0.494 e. The van der Waals surface area contributed by atoms with Gasteiger partial charge in [-0.05, 0) is 38.8 Å². The summed E-state index contributed by atoms with van der Waals surface area (Å²) in [6, 6.07) is 6.39. The minimum absolute atomic E-state index is 0.102. The van der Waals surface area contributed by atoms with Gasteiger partial charge >= 0.3 is 6.03 Å². The summed E-state index contributed by atoms with van der Waals surface area (Å²) in [6.07, 6.45) is 1.57. The number of para-hydroxylation sites is 1. The molecule has 3 heterocycles. The van der Waals surface area contributed by atoms with Gasteiger partial charge < -0.3 is 24.4 Å². The number of nitrogens with one attached hydrogen (secondary N) is 1. The smallest absolute Gasteiger partial charge is 0.322 e. The molecule has 4 rings (SSSR count). The van der Waals surface area contributed by atoms with E-state index in [-0.39, 0.29) is 17.4 Å². The van der Waals surface area contributed by atoms with E-state index in [0.29, 0.717) is 30.8 Å². The number of carbonyl (C=O) groups is 1. The van der Waals surface area contributed by atoms with Crippen LogP contribution in [0.25, 0.3) is 0 Å². The highest BCUT2D eigenvalue weighted by Crippen LogP contribution is 2.37. The summed E-state index contributed by atoms with van der Waals surface area (Å²) >= 11 is 0. The molecule has 2 aromatic rings. The number of carbonyl (C=O) groups excluding carboxylic acids is 1. The van der Waals surface area contributed by atoms with Crippen molar-refractivity contribution in [2.75, 3.05) is 56.6 Å². The lowest BCUT2D eigenvalue weighted by Gasteiger charge is -2.39. The normalized spacial score (nSPS) is 18.9. The van der Waals surface area contributed by atoms with Gasteiger partial charge in [0, 0.05) is 56.6 Å². The van der Waals surface area contributed by atoms with Crippen LogP contribution >= 0.6 is 0 Å². The van der Waals surface area contributed by atoms with Crippen LogP contribution < -0.4 is 15.0 Å². The molecule has 35 heavy (non-hydrogen) atoms. The molecule has 2 fully saturated rings. The number of ether oxygens (including phenoxy) is 1. The first kappa shape index (κ1) is 25.3. The van der Waals surface area contributed by atoms with E-state index in [2.05, 4.69) is 52.1 Å². The van der Waals surface area contributed by atoms with Crippen LogP contribution in [0.5, 0.6) is 5.75 Å². The lowest BCUT2D eigenvalue weighted by molar-refractivity contribution is 0.169. The number of urea groups is 1. The lowest BCUT2D eigenvalue weighted by Crippen LogP contribution is -2.49. The van der Waals surface area contributed by atoms with E-state index in [4.69, 9.17) is 9.26 Å². The third-order valence-electron chi connectivity index (χ3n) is 7.47. The summed E-state index contributed by atoms with van der Waals surface area (Å²) in [7, 11) is 1.65. The minimum atomic E-state index is -0.195. The molecule has 2 saturated heterocycles. The van der Waals surface area contributed by atoms with Crippen LogP contribution in [0.4, 0.5) is 16.2 Å². The Hall–Kier alpha value is -2.81. The Morgan fingerprint density at radius 3 is 2.34 bits per heavy atom. The predicted octanol–water partition coefficient (Wildman–Crippen LogP) is 4.32. The first-order valence-electron chi connectivity index (χ1n) is 12.8. The largest absolute Gasteiger partial charge is 0.494 e. The van der Waals surface area contributed by atoms with Gasteiger partial charge in [-0.3, -0.25) is 4.90 Å². The zero-order chi connectivity index (χ0) is 25.2. The first-order valence-corrected chi connectivity index (χ1v) is 12.8. The van der Waals surface area contributed by atoms with Gasteiger partial charge in [0.1, 0.15) is 11.4 Å². The van der Waals surface area contributed by atoms with Gasteiger partial charge in [0.15, 0.2) is 5.82 Å². The summed E-state index contributed by atoms with van der Waals surface area (Å²) in [5.74, 6) is 2.29. The second-order valence-corrected chi connectivity index (χ2v) is 10.6. The fourth-order valence-corrected chi connectivity index (χ4v) is 4.89. The van der Waals surface area contributed by atoms with Crippen LogP contribution in [0.2, 0.25) is 0 Å². The average molecular weight is 485 g/mol. The first-order chi connectivity index (χ1) is 16.7. The molecule has 1 aromatic heterocycles. The Kier molecular flexibility index (Phi) is 7.54. The average Bonchev–Trinajstić information content (AvgIpc) is 3.36. The van der Waals surface area contributed by atoms with E-state index in [1.165, 1.54) is 0 Å². The number of nitrogens with zero attached hydrogens (tertiary/aromatic N) is 5. The third-order valence-corrected chi connectivity index (χ3v) is 7.47. The molecule has 0 spiro atoms. The van der Waals surface area contributed by atoms with E-state index in [9.17, 15) is 4.79 Å². The molecule has 0 radical (unpaired) electrons. The Labute approximate surface area is 208 Å². The van der Waals surface area contributed by atoms with Crippen molar-refractivity contribution in [2.24, 2.45) is 0 Å². The molecule has 2 aliphatic rings. The van der Waals surface area contributed by atoms with Crippen molar-refractivity contribution < 1.29 is 14.1 Å². The number of piperidine rings is 1. The van der Waals surface area contributed by atoms with Crippen molar-refractivity contribution in [2.45, 2.75) is 64.8 Å². The maximum Gasteiger partial charge on any atom is 0.322 e. The molecule has 0 saturated carbocycles. The number of methoxy groups -OCH3 is 1. The molecule has 0 aliphatic carbocycles. The van der Waals surface area contributed by atoms with E-state index in [0.717, 1.165) is 56.2 Å². The summed E-state index contributed by atoms with van der Waals surface area (Å²) < 4.78 is 11.1. The second-order valence-electron chi connectivity index (χ2n) is 10.6. The summed E-state index contributed by atoms with van der Waals surface area (Å²) in [5.41, 5.74) is 1.56. The Bertz CT molecular complexity index is 1000. The summed E-state index contributed by atoms with van der Waals surface area (Å²) in [5, 5.41) is 7.42. The SMILES string of the molecule is COc1cccc(N2CCN(C(C)C)CC2)c1NC(=O)N1CCC(C)(c2noc(C(C)C)n2)CC1. The topological polar surface area (TPSA) is 87.0 Å². The molecular weight excluding hydrogens is 444 g/mol. The van der Waals surface area contributed by atoms with E-state index in [1.54, 1.807) is 7.11 Å². The number of piperazine rings is 1. The highest BCUT2D eigenvalue weighted by atomic mass is 16.5. The van der Waals surface area contributed by atoms with Crippen LogP contribution in [0.15, 0.2) is 22.7 Å². The zero-order valence-corrected chi connectivity index (χ0v) is 22.0. The number of hydrogen-bond donors (Lipinski definition) is 1. The Morgan fingerprint density at radius 2 is 1.77 bits per heavy atom.